The zero-order valence-corrected chi connectivity index (χ0v) is 10.7. The van der Waals surface area contributed by atoms with E-state index in [1.807, 2.05) is 0 Å². The highest BCUT2D eigenvalue weighted by Crippen LogP contribution is 2.52. The second kappa shape index (κ2) is 3.87. The van der Waals surface area contributed by atoms with Crippen LogP contribution in [0.4, 0.5) is 0 Å². The van der Waals surface area contributed by atoms with Crippen LogP contribution in [0, 0.1) is 11.3 Å². The van der Waals surface area contributed by atoms with E-state index in [2.05, 4.69) is 27.4 Å². The molecule has 0 bridgehead atoms. The van der Waals surface area contributed by atoms with Gasteiger partial charge in [0.05, 0.1) is 0 Å². The van der Waals surface area contributed by atoms with Crippen molar-refractivity contribution in [1.29, 1.82) is 0 Å². The molecule has 1 heteroatoms. The monoisotopic (exact) mass is 218 g/mol. The fourth-order valence-electron chi connectivity index (χ4n) is 3.44. The Labute approximate surface area is 98.6 Å². The highest BCUT2D eigenvalue weighted by molar-refractivity contribution is 5.97. The standard InChI is InChI=1S/C15H22O/c1-10(2)12-8-13-11(3)6-5-7-15(13,4)9-14(12)16/h13H,3,5-9H2,1-2,4H3. The Bertz CT molecular complexity index is 371. The first-order valence-corrected chi connectivity index (χ1v) is 6.31. The summed E-state index contributed by atoms with van der Waals surface area (Å²) in [6.07, 6.45) is 5.24. The lowest BCUT2D eigenvalue weighted by Gasteiger charge is -2.46. The molecule has 0 aromatic rings. The first-order valence-electron chi connectivity index (χ1n) is 6.31. The highest BCUT2D eigenvalue weighted by atomic mass is 16.1. The van der Waals surface area contributed by atoms with Crippen molar-refractivity contribution in [2.24, 2.45) is 11.3 Å². The zero-order valence-electron chi connectivity index (χ0n) is 10.7. The van der Waals surface area contributed by atoms with E-state index in [0.717, 1.165) is 24.8 Å². The summed E-state index contributed by atoms with van der Waals surface area (Å²) in [5.41, 5.74) is 3.85. The van der Waals surface area contributed by atoms with Gasteiger partial charge < -0.3 is 0 Å². The molecule has 2 aliphatic carbocycles. The molecule has 0 spiro atoms. The first-order chi connectivity index (χ1) is 7.44. The van der Waals surface area contributed by atoms with Crippen LogP contribution in [0.15, 0.2) is 23.3 Å². The molecule has 0 aromatic carbocycles. The number of allylic oxidation sites excluding steroid dienone is 3. The van der Waals surface area contributed by atoms with Crippen molar-refractivity contribution in [2.75, 3.05) is 0 Å². The van der Waals surface area contributed by atoms with E-state index in [1.165, 1.54) is 24.0 Å². The van der Waals surface area contributed by atoms with Gasteiger partial charge in [0.15, 0.2) is 5.78 Å². The topological polar surface area (TPSA) is 17.1 Å². The number of hydrogen-bond acceptors (Lipinski definition) is 1. The summed E-state index contributed by atoms with van der Waals surface area (Å²) < 4.78 is 0. The van der Waals surface area contributed by atoms with Crippen LogP contribution < -0.4 is 0 Å². The van der Waals surface area contributed by atoms with Crippen molar-refractivity contribution >= 4 is 5.78 Å². The van der Waals surface area contributed by atoms with Crippen LogP contribution in [0.25, 0.3) is 0 Å². The van der Waals surface area contributed by atoms with Gasteiger partial charge in [0.25, 0.3) is 0 Å². The fourth-order valence-corrected chi connectivity index (χ4v) is 3.44. The van der Waals surface area contributed by atoms with Gasteiger partial charge >= 0.3 is 0 Å². The minimum Gasteiger partial charge on any atom is -0.295 e. The normalized spacial score (nSPS) is 34.9. The molecule has 0 aliphatic heterocycles. The van der Waals surface area contributed by atoms with Gasteiger partial charge in [0.1, 0.15) is 0 Å². The molecule has 2 atom stereocenters. The molecule has 0 amide bonds. The maximum atomic E-state index is 12.1. The van der Waals surface area contributed by atoms with Crippen LogP contribution in [0.2, 0.25) is 0 Å². The van der Waals surface area contributed by atoms with Crippen molar-refractivity contribution in [2.45, 2.75) is 52.9 Å². The molecule has 1 nitrogen and oxygen atoms in total. The summed E-state index contributed by atoms with van der Waals surface area (Å²) in [7, 11) is 0. The van der Waals surface area contributed by atoms with Crippen molar-refractivity contribution in [3.05, 3.63) is 23.3 Å². The van der Waals surface area contributed by atoms with Crippen LogP contribution >= 0.6 is 0 Å². The first kappa shape index (κ1) is 11.6. The van der Waals surface area contributed by atoms with E-state index in [4.69, 9.17) is 0 Å². The Hall–Kier alpha value is -0.850. The van der Waals surface area contributed by atoms with E-state index in [9.17, 15) is 4.79 Å². The van der Waals surface area contributed by atoms with Crippen LogP contribution in [0.1, 0.15) is 52.9 Å². The highest BCUT2D eigenvalue weighted by Gasteiger charge is 2.44. The molecule has 2 rings (SSSR count). The van der Waals surface area contributed by atoms with E-state index >= 15 is 0 Å². The smallest absolute Gasteiger partial charge is 0.159 e. The van der Waals surface area contributed by atoms with Crippen molar-refractivity contribution in [3.63, 3.8) is 0 Å². The third kappa shape index (κ3) is 1.77. The minimum absolute atomic E-state index is 0.200. The van der Waals surface area contributed by atoms with Crippen LogP contribution in [-0.2, 0) is 4.79 Å². The van der Waals surface area contributed by atoms with Gasteiger partial charge in [-0.2, -0.15) is 0 Å². The third-order valence-electron chi connectivity index (χ3n) is 4.49. The molecule has 16 heavy (non-hydrogen) atoms. The van der Waals surface area contributed by atoms with Crippen LogP contribution in [0.3, 0.4) is 0 Å². The number of carbonyl (C=O) groups is 1. The second-order valence-corrected chi connectivity index (χ2v) is 6.00. The van der Waals surface area contributed by atoms with Gasteiger partial charge in [-0.1, -0.05) is 24.6 Å². The molecule has 2 fully saturated rings. The van der Waals surface area contributed by atoms with Crippen LogP contribution in [-0.4, -0.2) is 5.78 Å². The Balaban J connectivity index is 2.34. The summed E-state index contributed by atoms with van der Waals surface area (Å²) in [6.45, 7) is 10.6. The molecule has 2 unspecified atom stereocenters. The summed E-state index contributed by atoms with van der Waals surface area (Å²) in [6, 6.07) is 0. The van der Waals surface area contributed by atoms with Gasteiger partial charge in [-0.15, -0.1) is 0 Å². The average molecular weight is 218 g/mol. The van der Waals surface area contributed by atoms with E-state index in [0.29, 0.717) is 11.7 Å². The number of carbonyl (C=O) groups excluding carboxylic acids is 1. The molecule has 0 radical (unpaired) electrons. The predicted molar refractivity (Wildman–Crippen MR) is 67.2 cm³/mol. The van der Waals surface area contributed by atoms with Gasteiger partial charge in [0.2, 0.25) is 0 Å². The summed E-state index contributed by atoms with van der Waals surface area (Å²) >= 11 is 0. The van der Waals surface area contributed by atoms with E-state index in [-0.39, 0.29) is 5.41 Å². The molecule has 88 valence electrons. The number of fused-ring (bicyclic) bond motifs is 1. The Kier molecular flexibility index (Phi) is 2.81. The molecule has 2 saturated carbocycles. The molecule has 0 saturated heterocycles. The van der Waals surface area contributed by atoms with E-state index < -0.39 is 0 Å². The summed E-state index contributed by atoms with van der Waals surface area (Å²) in [4.78, 5) is 12.1. The minimum atomic E-state index is 0.200. The molecular formula is C15H22O. The number of rotatable bonds is 0. The maximum absolute atomic E-state index is 12.1. The molecule has 0 heterocycles. The van der Waals surface area contributed by atoms with Gasteiger partial charge in [-0.05, 0) is 56.4 Å². The molecule has 2 aliphatic rings. The Morgan fingerprint density at radius 1 is 1.44 bits per heavy atom. The lowest BCUT2D eigenvalue weighted by molar-refractivity contribution is -0.120. The van der Waals surface area contributed by atoms with E-state index in [1.54, 1.807) is 0 Å². The number of Topliss-reactive ketones (excluding diaryl/α,β-unsaturated/α-hetero) is 1. The maximum Gasteiger partial charge on any atom is 0.159 e. The van der Waals surface area contributed by atoms with Gasteiger partial charge in [-0.25, -0.2) is 0 Å². The Morgan fingerprint density at radius 3 is 2.75 bits per heavy atom. The Morgan fingerprint density at radius 2 is 2.12 bits per heavy atom. The molecule has 0 N–H and O–H groups in total. The largest absolute Gasteiger partial charge is 0.295 e. The number of ketones is 1. The predicted octanol–water partition coefficient (Wildman–Crippen LogP) is 4.05. The molecule has 0 aromatic heterocycles. The van der Waals surface area contributed by atoms with Gasteiger partial charge in [0, 0.05) is 6.42 Å². The summed E-state index contributed by atoms with van der Waals surface area (Å²) in [5.74, 6) is 0.928. The lowest BCUT2D eigenvalue weighted by Crippen LogP contribution is -2.39. The van der Waals surface area contributed by atoms with Crippen LogP contribution in [0.5, 0.6) is 0 Å². The summed E-state index contributed by atoms with van der Waals surface area (Å²) in [5, 5.41) is 0. The SMILES string of the molecule is C=C1CCCC2(C)CC(=O)C(=C(C)C)CC12. The second-order valence-electron chi connectivity index (χ2n) is 6.00. The van der Waals surface area contributed by atoms with Crippen molar-refractivity contribution in [1.82, 2.24) is 0 Å². The van der Waals surface area contributed by atoms with Gasteiger partial charge in [-0.3, -0.25) is 4.79 Å². The third-order valence-corrected chi connectivity index (χ3v) is 4.49. The molecular weight excluding hydrogens is 196 g/mol. The average Bonchev–Trinajstić information content (AvgIpc) is 2.15. The van der Waals surface area contributed by atoms with Crippen molar-refractivity contribution in [3.8, 4) is 0 Å². The number of hydrogen-bond donors (Lipinski definition) is 0. The quantitative estimate of drug-likeness (QED) is 0.443. The lowest BCUT2D eigenvalue weighted by atomic mass is 9.57. The van der Waals surface area contributed by atoms with Crippen molar-refractivity contribution < 1.29 is 4.79 Å². The fraction of sp³-hybridized carbons (Fsp3) is 0.667. The zero-order chi connectivity index (χ0) is 11.9.